The molecule has 0 atom stereocenters. The smallest absolute Gasteiger partial charge is 0.240 e. The molecule has 0 bridgehead atoms. The van der Waals surface area contributed by atoms with Gasteiger partial charge in [-0.1, -0.05) is 30.3 Å². The third-order valence-corrected chi connectivity index (χ3v) is 5.65. The van der Waals surface area contributed by atoms with Gasteiger partial charge in [-0.2, -0.15) is 0 Å². The number of aryl methyl sites for hydroxylation is 1. The average molecular weight is 415 g/mol. The molecule has 0 fully saturated rings. The molecule has 9 heteroatoms. The van der Waals surface area contributed by atoms with Crippen LogP contribution in [0.25, 0.3) is 33.8 Å². The van der Waals surface area contributed by atoms with Crippen molar-refractivity contribution in [3.8, 4) is 33.8 Å². The molecule has 0 spiro atoms. The summed E-state index contributed by atoms with van der Waals surface area (Å²) < 4.78 is 42.8. The average Bonchev–Trinajstić information content (AvgIpc) is 3.30. The van der Waals surface area contributed by atoms with E-state index in [-0.39, 0.29) is 0 Å². The zero-order chi connectivity index (χ0) is 19.9. The molecule has 0 unspecified atom stereocenters. The fourth-order valence-electron chi connectivity index (χ4n) is 2.84. The number of rotatable bonds is 4. The lowest BCUT2D eigenvalue weighted by Crippen LogP contribution is -2.13. The van der Waals surface area contributed by atoms with E-state index in [0.717, 1.165) is 29.0 Å². The number of thiazole rings is 1. The van der Waals surface area contributed by atoms with Crippen molar-refractivity contribution < 1.29 is 17.2 Å². The maximum Gasteiger partial charge on any atom is 0.240 e. The summed E-state index contributed by atoms with van der Waals surface area (Å²) in [6, 6.07) is 11.2. The number of nitrogens with zero attached hydrogens (tertiary/aromatic N) is 2. The van der Waals surface area contributed by atoms with Gasteiger partial charge in [0.05, 0.1) is 11.2 Å². The van der Waals surface area contributed by atoms with Gasteiger partial charge < -0.3 is 4.42 Å². The Labute approximate surface area is 164 Å². The molecule has 0 aliphatic carbocycles. The molecule has 0 aliphatic heterocycles. The first-order valence-corrected chi connectivity index (χ1v) is 10.6. The van der Waals surface area contributed by atoms with Crippen LogP contribution in [0, 0.1) is 12.7 Å². The minimum Gasteiger partial charge on any atom is -0.440 e. The van der Waals surface area contributed by atoms with Gasteiger partial charge in [0.15, 0.2) is 11.7 Å². The van der Waals surface area contributed by atoms with Gasteiger partial charge in [-0.15, -0.1) is 11.3 Å². The van der Waals surface area contributed by atoms with Crippen LogP contribution in [0.15, 0.2) is 62.7 Å². The third kappa shape index (κ3) is 3.47. The number of aromatic nitrogens is 2. The molecule has 6 nitrogen and oxygen atoms in total. The normalized spacial score (nSPS) is 11.7. The predicted molar refractivity (Wildman–Crippen MR) is 105 cm³/mol. The Kier molecular flexibility index (Phi) is 4.58. The van der Waals surface area contributed by atoms with Crippen LogP contribution in [0.5, 0.6) is 0 Å². The van der Waals surface area contributed by atoms with Crippen LogP contribution in [0.4, 0.5) is 4.39 Å². The first-order chi connectivity index (χ1) is 13.3. The second-order valence-electron chi connectivity index (χ2n) is 6.05. The molecule has 0 saturated heterocycles. The van der Waals surface area contributed by atoms with Crippen molar-refractivity contribution in [1.29, 1.82) is 0 Å². The van der Waals surface area contributed by atoms with Crippen molar-refractivity contribution in [2.24, 2.45) is 5.14 Å². The molecule has 2 aromatic carbocycles. The summed E-state index contributed by atoms with van der Waals surface area (Å²) in [6.07, 6.45) is 0. The highest BCUT2D eigenvalue weighted by Gasteiger charge is 2.20. The van der Waals surface area contributed by atoms with E-state index in [1.807, 2.05) is 29.6 Å². The monoisotopic (exact) mass is 415 g/mol. The topological polar surface area (TPSA) is 99.1 Å². The molecule has 2 heterocycles. The van der Waals surface area contributed by atoms with Crippen LogP contribution in [-0.2, 0) is 10.0 Å². The summed E-state index contributed by atoms with van der Waals surface area (Å²) in [5, 5.41) is 6.97. The Morgan fingerprint density at radius 1 is 1.07 bits per heavy atom. The summed E-state index contributed by atoms with van der Waals surface area (Å²) in [7, 11) is -4.14. The largest absolute Gasteiger partial charge is 0.440 e. The predicted octanol–water partition coefficient (Wildman–Crippen LogP) is 4.23. The van der Waals surface area contributed by atoms with E-state index < -0.39 is 20.7 Å². The van der Waals surface area contributed by atoms with Crippen LogP contribution < -0.4 is 5.14 Å². The van der Waals surface area contributed by atoms with Crippen LogP contribution in [0.1, 0.15) is 5.89 Å². The van der Waals surface area contributed by atoms with Gasteiger partial charge >= 0.3 is 0 Å². The van der Waals surface area contributed by atoms with E-state index in [4.69, 9.17) is 9.56 Å². The summed E-state index contributed by atoms with van der Waals surface area (Å²) in [4.78, 5) is 8.05. The molecule has 2 N–H and O–H groups in total. The molecule has 0 amide bonds. The first-order valence-electron chi connectivity index (χ1n) is 8.12. The lowest BCUT2D eigenvalue weighted by molar-refractivity contribution is 0.534. The molecule has 0 saturated carbocycles. The van der Waals surface area contributed by atoms with Crippen molar-refractivity contribution in [2.75, 3.05) is 0 Å². The number of halogens is 1. The van der Waals surface area contributed by atoms with Gasteiger partial charge in [0.2, 0.25) is 10.0 Å². The Morgan fingerprint density at radius 2 is 1.75 bits per heavy atom. The Morgan fingerprint density at radius 3 is 2.36 bits per heavy atom. The minimum atomic E-state index is -4.14. The van der Waals surface area contributed by atoms with E-state index in [1.165, 1.54) is 17.4 Å². The number of hydrogen-bond acceptors (Lipinski definition) is 6. The Bertz CT molecular complexity index is 1250. The van der Waals surface area contributed by atoms with Crippen LogP contribution >= 0.6 is 11.3 Å². The van der Waals surface area contributed by atoms with Gasteiger partial charge in [-0.05, 0) is 12.1 Å². The molecule has 2 aromatic heterocycles. The zero-order valence-electron chi connectivity index (χ0n) is 14.6. The van der Waals surface area contributed by atoms with Gasteiger partial charge in [-0.25, -0.2) is 27.9 Å². The summed E-state index contributed by atoms with van der Waals surface area (Å²) in [5.41, 5.74) is 5.17. The van der Waals surface area contributed by atoms with Gasteiger partial charge in [0, 0.05) is 29.0 Å². The molecule has 0 radical (unpaired) electrons. The van der Waals surface area contributed by atoms with Gasteiger partial charge in [-0.3, -0.25) is 0 Å². The SMILES string of the molecule is Cc1nc(-c2ccc(S(N)(=O)=O)c(F)c2)c(-c2ccc(-c3cscn3)cc2)o1. The van der Waals surface area contributed by atoms with Crippen LogP contribution in [-0.4, -0.2) is 18.4 Å². The molecule has 142 valence electrons. The van der Waals surface area contributed by atoms with E-state index in [2.05, 4.69) is 9.97 Å². The highest BCUT2D eigenvalue weighted by Crippen LogP contribution is 2.34. The molecular weight excluding hydrogens is 401 g/mol. The number of hydrogen-bond donors (Lipinski definition) is 1. The van der Waals surface area contributed by atoms with Gasteiger partial charge in [0.25, 0.3) is 0 Å². The number of sulfonamides is 1. The van der Waals surface area contributed by atoms with Crippen molar-refractivity contribution in [2.45, 2.75) is 11.8 Å². The highest BCUT2D eigenvalue weighted by molar-refractivity contribution is 7.89. The number of nitrogens with two attached hydrogens (primary N) is 1. The second kappa shape index (κ2) is 6.93. The lowest BCUT2D eigenvalue weighted by Gasteiger charge is -2.05. The molecule has 28 heavy (non-hydrogen) atoms. The molecule has 4 rings (SSSR count). The summed E-state index contributed by atoms with van der Waals surface area (Å²) in [5.74, 6) is -0.0694. The summed E-state index contributed by atoms with van der Waals surface area (Å²) in [6.45, 7) is 1.69. The van der Waals surface area contributed by atoms with Crippen molar-refractivity contribution in [3.63, 3.8) is 0 Å². The highest BCUT2D eigenvalue weighted by atomic mass is 32.2. The van der Waals surface area contributed by atoms with Crippen LogP contribution in [0.2, 0.25) is 0 Å². The maximum atomic E-state index is 14.3. The zero-order valence-corrected chi connectivity index (χ0v) is 16.2. The van der Waals surface area contributed by atoms with E-state index in [0.29, 0.717) is 22.9 Å². The Balaban J connectivity index is 1.77. The fraction of sp³-hybridized carbons (Fsp3) is 0.0526. The van der Waals surface area contributed by atoms with Crippen molar-refractivity contribution >= 4 is 21.4 Å². The quantitative estimate of drug-likeness (QED) is 0.538. The fourth-order valence-corrected chi connectivity index (χ4v) is 3.99. The Hall–Kier alpha value is -2.88. The first kappa shape index (κ1) is 18.5. The molecule has 0 aliphatic rings. The van der Waals surface area contributed by atoms with Crippen LogP contribution in [0.3, 0.4) is 0 Å². The van der Waals surface area contributed by atoms with Crippen molar-refractivity contribution in [3.05, 3.63) is 65.1 Å². The molecule has 4 aromatic rings. The van der Waals surface area contributed by atoms with Crippen molar-refractivity contribution in [1.82, 2.24) is 9.97 Å². The standard InChI is InChI=1S/C19H14FN3O3S2/c1-11-23-18(14-6-7-17(15(20)8-14)28(21,24)25)19(26-11)13-4-2-12(3-5-13)16-9-27-10-22-16/h2-10H,1H3,(H2,21,24,25). The van der Waals surface area contributed by atoms with Gasteiger partial charge in [0.1, 0.15) is 16.4 Å². The lowest BCUT2D eigenvalue weighted by atomic mass is 10.0. The van der Waals surface area contributed by atoms with E-state index in [1.54, 1.807) is 12.4 Å². The maximum absolute atomic E-state index is 14.3. The van der Waals surface area contributed by atoms with E-state index >= 15 is 0 Å². The summed E-state index contributed by atoms with van der Waals surface area (Å²) >= 11 is 1.52. The van der Waals surface area contributed by atoms with E-state index in [9.17, 15) is 12.8 Å². The number of benzene rings is 2. The molecular formula is C19H14FN3O3S2. The second-order valence-corrected chi connectivity index (χ2v) is 8.30. The minimum absolute atomic E-state index is 0.389. The third-order valence-electron chi connectivity index (χ3n) is 4.12. The number of oxazole rings is 1. The number of primary sulfonamides is 1.